The lowest BCUT2D eigenvalue weighted by Gasteiger charge is -2.29. The molecule has 5 heteroatoms. The number of carbonyl (C=O) groups is 2. The number of nitrogens with one attached hydrogen (secondary N) is 1. The molecular weight excluding hydrogens is 362 g/mol. The number of rotatable bonds is 6. The van der Waals surface area contributed by atoms with Gasteiger partial charge in [0.1, 0.15) is 5.54 Å². The molecule has 3 amide bonds. The van der Waals surface area contributed by atoms with Crippen molar-refractivity contribution < 1.29 is 9.59 Å². The van der Waals surface area contributed by atoms with Crippen LogP contribution in [0.25, 0.3) is 5.57 Å². The van der Waals surface area contributed by atoms with Crippen LogP contribution in [0.5, 0.6) is 0 Å². The van der Waals surface area contributed by atoms with Crippen molar-refractivity contribution in [1.29, 1.82) is 0 Å². The molecule has 0 unspecified atom stereocenters. The van der Waals surface area contributed by atoms with Gasteiger partial charge in [-0.2, -0.15) is 0 Å². The summed E-state index contributed by atoms with van der Waals surface area (Å²) >= 11 is 0. The minimum absolute atomic E-state index is 0.128. The molecule has 5 nitrogen and oxygen atoms in total. The molecule has 29 heavy (non-hydrogen) atoms. The van der Waals surface area contributed by atoms with Gasteiger partial charge >= 0.3 is 6.03 Å². The molecule has 1 atom stereocenters. The van der Waals surface area contributed by atoms with Crippen LogP contribution in [0.1, 0.15) is 30.9 Å². The average molecular weight is 389 g/mol. The third-order valence-corrected chi connectivity index (χ3v) is 5.88. The highest BCUT2D eigenvalue weighted by Crippen LogP contribution is 2.26. The molecule has 0 aromatic heterocycles. The second kappa shape index (κ2) is 8.21. The zero-order valence-corrected chi connectivity index (χ0v) is 16.8. The van der Waals surface area contributed by atoms with Gasteiger partial charge in [0.25, 0.3) is 5.91 Å². The molecule has 0 radical (unpaired) electrons. The topological polar surface area (TPSA) is 52.7 Å². The molecule has 0 bridgehead atoms. The lowest BCUT2D eigenvalue weighted by atomic mass is 9.93. The summed E-state index contributed by atoms with van der Waals surface area (Å²) in [5.74, 6) is -0.128. The number of hydrogen-bond acceptors (Lipinski definition) is 3. The van der Waals surface area contributed by atoms with E-state index in [1.165, 1.54) is 21.6 Å². The maximum Gasteiger partial charge on any atom is 0.326 e. The fraction of sp³-hybridized carbons (Fsp3) is 0.333. The van der Waals surface area contributed by atoms with Gasteiger partial charge in [0.2, 0.25) is 0 Å². The third-order valence-electron chi connectivity index (χ3n) is 5.88. The van der Waals surface area contributed by atoms with Crippen LogP contribution in [0.2, 0.25) is 0 Å². The first-order valence-corrected chi connectivity index (χ1v) is 10.2. The van der Waals surface area contributed by atoms with Crippen molar-refractivity contribution in [2.45, 2.75) is 31.7 Å². The summed E-state index contributed by atoms with van der Waals surface area (Å²) in [5, 5.41) is 2.92. The molecule has 2 aromatic carbocycles. The first kappa shape index (κ1) is 19.4. The molecule has 0 spiro atoms. The summed E-state index contributed by atoms with van der Waals surface area (Å²) < 4.78 is 0. The van der Waals surface area contributed by atoms with Crippen molar-refractivity contribution in [2.75, 3.05) is 19.8 Å². The van der Waals surface area contributed by atoms with Gasteiger partial charge in [-0.15, -0.1) is 0 Å². The number of benzene rings is 2. The van der Waals surface area contributed by atoms with E-state index in [1.807, 2.05) is 55.5 Å². The van der Waals surface area contributed by atoms with Crippen LogP contribution in [0.4, 0.5) is 4.79 Å². The van der Waals surface area contributed by atoms with Crippen LogP contribution in [-0.2, 0) is 11.2 Å². The van der Waals surface area contributed by atoms with E-state index >= 15 is 0 Å². The number of aryl methyl sites for hydroxylation is 1. The SMILES string of the molecule is C[C@]1(CCc2ccccc2)NC(=O)N(CN2CC=C(c3ccccc3)CC2)C1=O. The van der Waals surface area contributed by atoms with E-state index in [0.29, 0.717) is 13.1 Å². The maximum absolute atomic E-state index is 13.0. The molecule has 0 saturated carbocycles. The Morgan fingerprint density at radius 2 is 1.69 bits per heavy atom. The number of hydrogen-bond donors (Lipinski definition) is 1. The first-order valence-electron chi connectivity index (χ1n) is 10.2. The van der Waals surface area contributed by atoms with Crippen LogP contribution >= 0.6 is 0 Å². The second-order valence-electron chi connectivity index (χ2n) is 8.04. The molecule has 2 aliphatic rings. The second-order valence-corrected chi connectivity index (χ2v) is 8.04. The number of imide groups is 1. The predicted molar refractivity (Wildman–Crippen MR) is 114 cm³/mol. The Hall–Kier alpha value is -2.92. The highest BCUT2D eigenvalue weighted by molar-refractivity contribution is 6.06. The van der Waals surface area contributed by atoms with E-state index in [4.69, 9.17) is 0 Å². The van der Waals surface area contributed by atoms with Crippen molar-refractivity contribution in [3.8, 4) is 0 Å². The van der Waals surface area contributed by atoms with E-state index < -0.39 is 5.54 Å². The summed E-state index contributed by atoms with van der Waals surface area (Å²) in [4.78, 5) is 29.1. The normalized spacial score (nSPS) is 22.5. The Labute approximate surface area is 172 Å². The van der Waals surface area contributed by atoms with Crippen LogP contribution < -0.4 is 5.32 Å². The van der Waals surface area contributed by atoms with Gasteiger partial charge in [-0.1, -0.05) is 66.7 Å². The standard InChI is InChI=1S/C24H27N3O2/c1-24(15-12-19-8-4-2-5-9-19)22(28)27(23(29)25-24)18-26-16-13-21(14-17-26)20-10-6-3-7-11-20/h2-11,13H,12,14-18H2,1H3,(H,25,29)/t24-/m1/s1. The number of urea groups is 1. The summed E-state index contributed by atoms with van der Waals surface area (Å²) in [6.45, 7) is 3.74. The Bertz CT molecular complexity index is 910. The summed E-state index contributed by atoms with van der Waals surface area (Å²) in [6.07, 6.45) is 4.46. The molecule has 150 valence electrons. The van der Waals surface area contributed by atoms with Crippen molar-refractivity contribution in [3.63, 3.8) is 0 Å². The zero-order chi connectivity index (χ0) is 20.3. The third kappa shape index (κ3) is 4.25. The van der Waals surface area contributed by atoms with E-state index in [2.05, 4.69) is 28.4 Å². The Kier molecular flexibility index (Phi) is 5.49. The van der Waals surface area contributed by atoms with Gasteiger partial charge in [-0.25, -0.2) is 9.69 Å². The van der Waals surface area contributed by atoms with Crippen molar-refractivity contribution >= 4 is 17.5 Å². The van der Waals surface area contributed by atoms with Crippen LogP contribution in [0.3, 0.4) is 0 Å². The van der Waals surface area contributed by atoms with Gasteiger partial charge in [-0.3, -0.25) is 9.69 Å². The van der Waals surface area contributed by atoms with Crippen LogP contribution in [0.15, 0.2) is 66.7 Å². The molecule has 1 saturated heterocycles. The minimum atomic E-state index is -0.840. The van der Waals surface area contributed by atoms with Crippen molar-refractivity contribution in [3.05, 3.63) is 77.9 Å². The summed E-state index contributed by atoms with van der Waals surface area (Å²) in [7, 11) is 0. The molecular formula is C24H27N3O2. The van der Waals surface area contributed by atoms with Gasteiger partial charge in [0.05, 0.1) is 6.67 Å². The molecule has 2 heterocycles. The molecule has 1 fully saturated rings. The Morgan fingerprint density at radius 3 is 2.34 bits per heavy atom. The minimum Gasteiger partial charge on any atom is -0.323 e. The largest absolute Gasteiger partial charge is 0.326 e. The zero-order valence-electron chi connectivity index (χ0n) is 16.8. The average Bonchev–Trinajstić information content (AvgIpc) is 2.97. The van der Waals surface area contributed by atoms with Crippen LogP contribution in [0, 0.1) is 0 Å². The lowest BCUT2D eigenvalue weighted by molar-refractivity contribution is -0.132. The first-order chi connectivity index (χ1) is 14.0. The highest BCUT2D eigenvalue weighted by atomic mass is 16.2. The summed E-state index contributed by atoms with van der Waals surface area (Å²) in [5.41, 5.74) is 2.90. The van der Waals surface area contributed by atoms with E-state index in [-0.39, 0.29) is 11.9 Å². The number of nitrogens with zero attached hydrogens (tertiary/aromatic N) is 2. The van der Waals surface area contributed by atoms with E-state index in [0.717, 1.165) is 25.9 Å². The lowest BCUT2D eigenvalue weighted by Crippen LogP contribution is -2.46. The number of amides is 3. The maximum atomic E-state index is 13.0. The van der Waals surface area contributed by atoms with Gasteiger partial charge < -0.3 is 5.32 Å². The predicted octanol–water partition coefficient (Wildman–Crippen LogP) is 3.68. The van der Waals surface area contributed by atoms with Crippen LogP contribution in [-0.4, -0.2) is 47.0 Å². The Morgan fingerprint density at radius 1 is 1.00 bits per heavy atom. The van der Waals surface area contributed by atoms with Crippen molar-refractivity contribution in [1.82, 2.24) is 15.1 Å². The molecule has 2 aromatic rings. The summed E-state index contributed by atoms with van der Waals surface area (Å²) in [6, 6.07) is 20.1. The molecule has 2 aliphatic heterocycles. The Balaban J connectivity index is 1.36. The smallest absolute Gasteiger partial charge is 0.323 e. The van der Waals surface area contributed by atoms with E-state index in [9.17, 15) is 9.59 Å². The number of carbonyl (C=O) groups excluding carboxylic acids is 2. The fourth-order valence-corrected chi connectivity index (χ4v) is 4.04. The van der Waals surface area contributed by atoms with Gasteiger partial charge in [0.15, 0.2) is 0 Å². The molecule has 0 aliphatic carbocycles. The fourth-order valence-electron chi connectivity index (χ4n) is 4.04. The molecule has 1 N–H and O–H groups in total. The molecule has 4 rings (SSSR count). The van der Waals surface area contributed by atoms with Gasteiger partial charge in [0, 0.05) is 13.1 Å². The highest BCUT2D eigenvalue weighted by Gasteiger charge is 2.47. The van der Waals surface area contributed by atoms with Crippen molar-refractivity contribution in [2.24, 2.45) is 0 Å². The quantitative estimate of drug-likeness (QED) is 0.767. The van der Waals surface area contributed by atoms with Gasteiger partial charge in [-0.05, 0) is 42.9 Å². The monoisotopic (exact) mass is 389 g/mol. The van der Waals surface area contributed by atoms with E-state index in [1.54, 1.807) is 0 Å².